The summed E-state index contributed by atoms with van der Waals surface area (Å²) in [5.74, 6) is -0.0554. The lowest BCUT2D eigenvalue weighted by Crippen LogP contribution is -2.35. The highest BCUT2D eigenvalue weighted by atomic mass is 16.1. The zero-order valence-electron chi connectivity index (χ0n) is 14.1. The van der Waals surface area contributed by atoms with Crippen molar-refractivity contribution in [2.45, 2.75) is 13.0 Å². The van der Waals surface area contributed by atoms with Gasteiger partial charge in [-0.3, -0.25) is 4.79 Å². The first-order valence-corrected chi connectivity index (χ1v) is 8.61. The lowest BCUT2D eigenvalue weighted by molar-refractivity contribution is 0.0943. The van der Waals surface area contributed by atoms with Crippen LogP contribution in [-0.2, 0) is 0 Å². The second kappa shape index (κ2) is 6.44. The van der Waals surface area contributed by atoms with E-state index in [0.717, 1.165) is 29.0 Å². The first-order chi connectivity index (χ1) is 12.3. The normalized spacial score (nSPS) is 13.1. The van der Waals surface area contributed by atoms with Gasteiger partial charge in [-0.05, 0) is 31.2 Å². The van der Waals surface area contributed by atoms with E-state index in [1.807, 2.05) is 54.6 Å². The van der Waals surface area contributed by atoms with Gasteiger partial charge in [0.2, 0.25) is 0 Å². The van der Waals surface area contributed by atoms with Gasteiger partial charge in [0.1, 0.15) is 0 Å². The Kier molecular flexibility index (Phi) is 3.98. The number of hydrogen-bond acceptors (Lipinski definition) is 2. The van der Waals surface area contributed by atoms with Crippen LogP contribution in [0.2, 0.25) is 0 Å². The maximum atomic E-state index is 12.8. The average Bonchev–Trinajstić information content (AvgIpc) is 2.68. The average molecular weight is 328 g/mol. The summed E-state index contributed by atoms with van der Waals surface area (Å²) in [7, 11) is 0. The summed E-state index contributed by atoms with van der Waals surface area (Å²) < 4.78 is 0. The number of anilines is 2. The van der Waals surface area contributed by atoms with Gasteiger partial charge >= 0.3 is 0 Å². The minimum Gasteiger partial charge on any atom is -0.341 e. The number of rotatable bonds is 3. The molecule has 3 aromatic rings. The largest absolute Gasteiger partial charge is 0.341 e. The molecule has 3 aromatic carbocycles. The number of para-hydroxylation sites is 2. The molecule has 1 aliphatic rings. The van der Waals surface area contributed by atoms with Crippen molar-refractivity contribution < 1.29 is 4.79 Å². The van der Waals surface area contributed by atoms with Gasteiger partial charge in [-0.2, -0.15) is 0 Å². The van der Waals surface area contributed by atoms with Gasteiger partial charge in [0.05, 0.1) is 6.04 Å². The first kappa shape index (κ1) is 15.5. The molecule has 0 fully saturated rings. The van der Waals surface area contributed by atoms with Crippen LogP contribution in [0.15, 0.2) is 78.9 Å². The molecule has 1 aliphatic heterocycles. The number of carbonyl (C=O) groups excluding carboxylic acids is 1. The molecule has 4 rings (SSSR count). The van der Waals surface area contributed by atoms with Crippen LogP contribution in [0, 0.1) is 0 Å². The molecule has 0 radical (unpaired) electrons. The summed E-state index contributed by atoms with van der Waals surface area (Å²) in [6.45, 7) is 3.03. The van der Waals surface area contributed by atoms with Crippen molar-refractivity contribution in [3.8, 4) is 0 Å². The third kappa shape index (κ3) is 2.68. The fourth-order valence-electron chi connectivity index (χ4n) is 3.55. The van der Waals surface area contributed by atoms with Gasteiger partial charge in [0.15, 0.2) is 0 Å². The Balaban J connectivity index is 1.79. The number of nitrogens with one attached hydrogen (secondary N) is 1. The lowest BCUT2D eigenvalue weighted by atomic mass is 9.90. The Morgan fingerprint density at radius 3 is 1.92 bits per heavy atom. The molecule has 0 spiro atoms. The smallest absolute Gasteiger partial charge is 0.252 e. The maximum Gasteiger partial charge on any atom is 0.252 e. The standard InChI is InChI=1S/C22H20N2O/c1-2-24-19-14-8-6-12-17(19)21(18-13-7-9-15-20(18)24)23-22(25)16-10-4-3-5-11-16/h3-15,21H,2H2,1H3,(H,23,25). The Labute approximate surface area is 147 Å². The van der Waals surface area contributed by atoms with Crippen LogP contribution in [0.3, 0.4) is 0 Å². The third-order valence-electron chi connectivity index (χ3n) is 4.70. The monoisotopic (exact) mass is 328 g/mol. The summed E-state index contributed by atoms with van der Waals surface area (Å²) in [5.41, 5.74) is 5.25. The van der Waals surface area contributed by atoms with Crippen molar-refractivity contribution in [2.24, 2.45) is 0 Å². The number of fused-ring (bicyclic) bond motifs is 2. The van der Waals surface area contributed by atoms with Gasteiger partial charge in [-0.1, -0.05) is 54.6 Å². The summed E-state index contributed by atoms with van der Waals surface area (Å²) in [4.78, 5) is 15.1. The van der Waals surface area contributed by atoms with Gasteiger partial charge in [0, 0.05) is 34.6 Å². The number of hydrogen-bond donors (Lipinski definition) is 1. The van der Waals surface area contributed by atoms with Crippen LogP contribution < -0.4 is 10.2 Å². The summed E-state index contributed by atoms with van der Waals surface area (Å²) in [5, 5.41) is 3.23. The van der Waals surface area contributed by atoms with E-state index < -0.39 is 0 Å². The molecule has 0 atom stereocenters. The Bertz CT molecular complexity index is 857. The molecule has 124 valence electrons. The van der Waals surface area contributed by atoms with E-state index in [1.54, 1.807) is 0 Å². The van der Waals surface area contributed by atoms with Crippen LogP contribution in [0.5, 0.6) is 0 Å². The minimum atomic E-state index is -0.150. The topological polar surface area (TPSA) is 32.3 Å². The number of amides is 1. The Morgan fingerprint density at radius 2 is 1.36 bits per heavy atom. The van der Waals surface area contributed by atoms with E-state index >= 15 is 0 Å². The summed E-state index contributed by atoms with van der Waals surface area (Å²) in [6, 6.07) is 25.8. The molecular weight excluding hydrogens is 308 g/mol. The first-order valence-electron chi connectivity index (χ1n) is 8.61. The van der Waals surface area contributed by atoms with Crippen molar-refractivity contribution in [3.05, 3.63) is 95.6 Å². The van der Waals surface area contributed by atoms with Crippen LogP contribution in [-0.4, -0.2) is 12.5 Å². The second-order valence-electron chi connectivity index (χ2n) is 6.13. The van der Waals surface area contributed by atoms with Crippen LogP contribution in [0.25, 0.3) is 0 Å². The van der Waals surface area contributed by atoms with Gasteiger partial charge in [-0.15, -0.1) is 0 Å². The molecule has 0 aliphatic carbocycles. The van der Waals surface area contributed by atoms with Gasteiger partial charge in [-0.25, -0.2) is 0 Å². The maximum absolute atomic E-state index is 12.8. The van der Waals surface area contributed by atoms with Crippen LogP contribution >= 0.6 is 0 Å². The van der Waals surface area contributed by atoms with E-state index in [9.17, 15) is 4.79 Å². The molecule has 1 amide bonds. The fourth-order valence-corrected chi connectivity index (χ4v) is 3.55. The van der Waals surface area contributed by atoms with E-state index in [0.29, 0.717) is 5.56 Å². The van der Waals surface area contributed by atoms with E-state index in [2.05, 4.69) is 41.4 Å². The van der Waals surface area contributed by atoms with E-state index in [4.69, 9.17) is 0 Å². The predicted molar refractivity (Wildman–Crippen MR) is 101 cm³/mol. The molecule has 0 bridgehead atoms. The highest BCUT2D eigenvalue weighted by Gasteiger charge is 2.30. The van der Waals surface area contributed by atoms with Crippen molar-refractivity contribution in [3.63, 3.8) is 0 Å². The molecule has 1 N–H and O–H groups in total. The SMILES string of the molecule is CCN1c2ccccc2C(NC(=O)c2ccccc2)c2ccccc21. The van der Waals surface area contributed by atoms with Crippen LogP contribution in [0.4, 0.5) is 11.4 Å². The van der Waals surface area contributed by atoms with Gasteiger partial charge in [0.25, 0.3) is 5.91 Å². The molecule has 3 heteroatoms. The molecule has 0 saturated heterocycles. The van der Waals surface area contributed by atoms with E-state index in [1.165, 1.54) is 0 Å². The number of nitrogens with zero attached hydrogens (tertiary/aromatic N) is 1. The summed E-state index contributed by atoms with van der Waals surface area (Å²) >= 11 is 0. The summed E-state index contributed by atoms with van der Waals surface area (Å²) in [6.07, 6.45) is 0. The molecule has 3 nitrogen and oxygen atoms in total. The van der Waals surface area contributed by atoms with Crippen molar-refractivity contribution in [1.82, 2.24) is 5.32 Å². The van der Waals surface area contributed by atoms with Crippen molar-refractivity contribution in [2.75, 3.05) is 11.4 Å². The molecular formula is C22H20N2O. The van der Waals surface area contributed by atoms with Crippen molar-refractivity contribution in [1.29, 1.82) is 0 Å². The molecule has 25 heavy (non-hydrogen) atoms. The number of benzene rings is 3. The van der Waals surface area contributed by atoms with E-state index in [-0.39, 0.29) is 11.9 Å². The minimum absolute atomic E-state index is 0.0554. The highest BCUT2D eigenvalue weighted by Crippen LogP contribution is 2.43. The Morgan fingerprint density at radius 1 is 0.840 bits per heavy atom. The predicted octanol–water partition coefficient (Wildman–Crippen LogP) is 4.68. The van der Waals surface area contributed by atoms with Crippen molar-refractivity contribution >= 4 is 17.3 Å². The van der Waals surface area contributed by atoms with Gasteiger partial charge < -0.3 is 10.2 Å². The molecule has 0 unspecified atom stereocenters. The quantitative estimate of drug-likeness (QED) is 0.757. The van der Waals surface area contributed by atoms with Crippen LogP contribution in [0.1, 0.15) is 34.5 Å². The lowest BCUT2D eigenvalue weighted by Gasteiger charge is -2.37. The number of carbonyl (C=O) groups is 1. The fraction of sp³-hybridized carbons (Fsp3) is 0.136. The molecule has 1 heterocycles. The third-order valence-corrected chi connectivity index (χ3v) is 4.70. The second-order valence-corrected chi connectivity index (χ2v) is 6.13. The zero-order valence-corrected chi connectivity index (χ0v) is 14.1. The Hall–Kier alpha value is -3.07. The molecule has 0 saturated carbocycles. The molecule has 0 aromatic heterocycles. The zero-order chi connectivity index (χ0) is 17.2. The highest BCUT2D eigenvalue weighted by molar-refractivity contribution is 5.95.